The summed E-state index contributed by atoms with van der Waals surface area (Å²) in [4.78, 5) is 4.99. The van der Waals surface area contributed by atoms with Crippen molar-refractivity contribution in [3.05, 3.63) is 285 Å². The number of hydrogen-bond acceptors (Lipinski definition) is 4. The molecule has 0 bridgehead atoms. The van der Waals surface area contributed by atoms with Crippen molar-refractivity contribution in [2.75, 3.05) is 9.80 Å². The third-order valence-corrected chi connectivity index (χ3v) is 21.2. The van der Waals surface area contributed by atoms with E-state index in [-0.39, 0.29) is 0 Å². The number of furan rings is 2. The lowest BCUT2D eigenvalue weighted by Crippen LogP contribution is -2.37. The molecule has 0 fully saturated rings. The van der Waals surface area contributed by atoms with Gasteiger partial charge in [0.2, 0.25) is 0 Å². The monoisotopic (exact) mass is 1160 g/mol. The van der Waals surface area contributed by atoms with Gasteiger partial charge in [-0.3, -0.25) is 0 Å². The molecule has 6 heteroatoms. The van der Waals surface area contributed by atoms with Gasteiger partial charge < -0.3 is 18.6 Å². The highest BCUT2D eigenvalue weighted by molar-refractivity contribution is 6.90. The summed E-state index contributed by atoms with van der Waals surface area (Å²) in [6.07, 6.45) is 0. The van der Waals surface area contributed by atoms with Gasteiger partial charge in [0.25, 0.3) is 0 Å². The highest BCUT2D eigenvalue weighted by Gasteiger charge is 2.30. The summed E-state index contributed by atoms with van der Waals surface area (Å²) in [5.74, 6) is 0. The number of para-hydroxylation sites is 4. The summed E-state index contributed by atoms with van der Waals surface area (Å²) in [7, 11) is -2.83. The van der Waals surface area contributed by atoms with E-state index in [0.29, 0.717) is 0 Å². The Bertz CT molecular complexity index is 5320. The summed E-state index contributed by atoms with van der Waals surface area (Å²) in [6, 6.07) is 104. The predicted octanol–water partition coefficient (Wildman–Crippen LogP) is 23.1. The zero-order valence-electron chi connectivity index (χ0n) is 50.1. The number of nitrogens with zero attached hydrogens (tertiary/aromatic N) is 2. The zero-order chi connectivity index (χ0) is 59.2. The Balaban J connectivity index is 0.986. The average molecular weight is 1170 g/mol. The Morgan fingerprint density at radius 2 is 0.693 bits per heavy atom. The standard InChI is InChI=1S/C82H64N2O2Si2/c1-87(2)52-61-30-18-31-62-63-32-19-35-74(80(63)85-79(61)62)83(72-48-42-59(53-22-10-6-11-23-53)50-68(72)55-26-14-8-15-27-55)70-46-40-57-39-45-67-71(47-41-58-38-44-66(70)77(57)78(58)67)84(75-36-20-33-64-65-34-21-37-76(88(3,4)5)82(65)86-81(64)75)73-49-43-60(54-24-12-7-13-25-54)51-69(73)56-28-16-9-17-29-56/h6-51,87H,52H2,1-5H3. The second kappa shape index (κ2) is 21.3. The Kier molecular flexibility index (Phi) is 12.9. The molecule has 0 aliphatic heterocycles. The van der Waals surface area contributed by atoms with E-state index in [4.69, 9.17) is 8.83 Å². The van der Waals surface area contributed by atoms with Crippen LogP contribution in [0.15, 0.2) is 288 Å². The van der Waals surface area contributed by atoms with Crippen LogP contribution in [0, 0.1) is 0 Å². The largest absolute Gasteiger partial charge is 0.454 e. The van der Waals surface area contributed by atoms with Gasteiger partial charge in [0.05, 0.1) is 42.2 Å². The molecule has 0 aliphatic carbocycles. The Labute approximate surface area is 515 Å². The van der Waals surface area contributed by atoms with Crippen molar-refractivity contribution in [2.24, 2.45) is 0 Å². The van der Waals surface area contributed by atoms with Crippen LogP contribution < -0.4 is 15.0 Å². The Morgan fingerprint density at radius 3 is 1.15 bits per heavy atom. The number of benzene rings is 14. The first-order valence-corrected chi connectivity index (χ1v) is 37.4. The number of rotatable bonds is 13. The van der Waals surface area contributed by atoms with Gasteiger partial charge in [-0.25, -0.2) is 0 Å². The molecular weight excluding hydrogens is 1100 g/mol. The van der Waals surface area contributed by atoms with E-state index in [1.54, 1.807) is 0 Å². The smallest absolute Gasteiger partial charge is 0.159 e. The van der Waals surface area contributed by atoms with Gasteiger partial charge in [0, 0.05) is 52.2 Å². The first-order chi connectivity index (χ1) is 43.1. The molecular formula is C82H64N2O2Si2. The minimum atomic E-state index is -1.84. The number of anilines is 6. The van der Waals surface area contributed by atoms with Gasteiger partial charge in [-0.15, -0.1) is 0 Å². The minimum Gasteiger partial charge on any atom is -0.454 e. The van der Waals surface area contributed by atoms with Crippen molar-refractivity contribution in [1.29, 1.82) is 0 Å². The number of fused-ring (bicyclic) bond motifs is 6. The van der Waals surface area contributed by atoms with Crippen molar-refractivity contribution in [2.45, 2.75) is 38.8 Å². The molecule has 2 heterocycles. The van der Waals surface area contributed by atoms with E-state index in [0.717, 1.165) is 128 Å². The van der Waals surface area contributed by atoms with Crippen LogP contribution in [0.4, 0.5) is 34.1 Å². The molecule has 2 aromatic heterocycles. The van der Waals surface area contributed by atoms with Crippen molar-refractivity contribution in [3.8, 4) is 44.5 Å². The third-order valence-electron chi connectivity index (χ3n) is 18.0. The van der Waals surface area contributed by atoms with Crippen LogP contribution in [-0.4, -0.2) is 16.9 Å². The van der Waals surface area contributed by atoms with Crippen LogP contribution in [0.3, 0.4) is 0 Å². The van der Waals surface area contributed by atoms with Gasteiger partial charge in [0.1, 0.15) is 11.2 Å². The van der Waals surface area contributed by atoms with Gasteiger partial charge in [-0.2, -0.15) is 0 Å². The van der Waals surface area contributed by atoms with Gasteiger partial charge >= 0.3 is 0 Å². The third kappa shape index (κ3) is 8.93. The quantitative estimate of drug-likeness (QED) is 0.0851. The molecule has 88 heavy (non-hydrogen) atoms. The van der Waals surface area contributed by atoms with Crippen LogP contribution in [0.2, 0.25) is 32.7 Å². The molecule has 0 atom stereocenters. The summed E-state index contributed by atoms with van der Waals surface area (Å²) in [5.41, 5.74) is 20.3. The molecule has 422 valence electrons. The lowest BCUT2D eigenvalue weighted by molar-refractivity contribution is 0.665. The van der Waals surface area contributed by atoms with Crippen molar-refractivity contribution in [1.82, 2.24) is 0 Å². The van der Waals surface area contributed by atoms with Crippen LogP contribution >= 0.6 is 0 Å². The highest BCUT2D eigenvalue weighted by atomic mass is 28.3. The molecule has 14 aromatic carbocycles. The SMILES string of the molecule is C[SiH](C)Cc1cccc2c1oc1c(N(c3ccc(-c4ccccc4)cc3-c3ccccc3)c3ccc4ccc5c(N(c6ccc(-c7ccccc7)cc6-c6ccccc6)c6cccc7c6oc6c([Si](C)(C)C)cccc67)ccc6ccc3c4c65)cccc12. The van der Waals surface area contributed by atoms with Gasteiger partial charge in [-0.1, -0.05) is 263 Å². The summed E-state index contributed by atoms with van der Waals surface area (Å²) >= 11 is 0. The zero-order valence-corrected chi connectivity index (χ0v) is 52.2. The summed E-state index contributed by atoms with van der Waals surface area (Å²) in [6.45, 7) is 12.1. The van der Waals surface area contributed by atoms with Crippen LogP contribution in [0.1, 0.15) is 5.56 Å². The predicted molar refractivity (Wildman–Crippen MR) is 381 cm³/mol. The first kappa shape index (κ1) is 53.2. The van der Waals surface area contributed by atoms with Gasteiger partial charge in [-0.05, 0) is 120 Å². The Hall–Kier alpha value is -10.2. The molecule has 0 radical (unpaired) electrons. The topological polar surface area (TPSA) is 32.8 Å². The minimum absolute atomic E-state index is 0.864. The Morgan fingerprint density at radius 1 is 0.307 bits per heavy atom. The highest BCUT2D eigenvalue weighted by Crippen LogP contribution is 2.53. The maximum Gasteiger partial charge on any atom is 0.159 e. The maximum absolute atomic E-state index is 7.38. The van der Waals surface area contributed by atoms with E-state index >= 15 is 0 Å². The molecule has 0 N–H and O–H groups in total. The molecule has 16 aromatic rings. The van der Waals surface area contributed by atoms with E-state index in [1.807, 2.05) is 0 Å². The fourth-order valence-electron chi connectivity index (χ4n) is 13.9. The fourth-order valence-corrected chi connectivity index (χ4v) is 16.6. The molecule has 4 nitrogen and oxygen atoms in total. The molecule has 0 saturated carbocycles. The van der Waals surface area contributed by atoms with Crippen molar-refractivity contribution < 1.29 is 8.83 Å². The molecule has 0 unspecified atom stereocenters. The van der Waals surface area contributed by atoms with E-state index in [1.165, 1.54) is 43.4 Å². The number of hydrogen-bond donors (Lipinski definition) is 0. The summed E-state index contributed by atoms with van der Waals surface area (Å²) < 4.78 is 14.7. The first-order valence-electron chi connectivity index (χ1n) is 30.8. The molecule has 0 saturated heterocycles. The molecule has 0 amide bonds. The molecule has 0 aliphatic rings. The average Bonchev–Trinajstić information content (AvgIpc) is 1.16. The maximum atomic E-state index is 7.38. The summed E-state index contributed by atoms with van der Waals surface area (Å²) in [5, 5.41) is 12.8. The van der Waals surface area contributed by atoms with E-state index in [2.05, 4.69) is 322 Å². The van der Waals surface area contributed by atoms with Gasteiger partial charge in [0.15, 0.2) is 11.2 Å². The van der Waals surface area contributed by atoms with Crippen LogP contribution in [0.5, 0.6) is 0 Å². The van der Waals surface area contributed by atoms with E-state index < -0.39 is 16.9 Å². The van der Waals surface area contributed by atoms with Crippen LogP contribution in [0.25, 0.3) is 121 Å². The molecule has 16 rings (SSSR count). The van der Waals surface area contributed by atoms with E-state index in [9.17, 15) is 0 Å². The fraction of sp³-hybridized carbons (Fsp3) is 0.0732. The molecule has 0 spiro atoms. The normalized spacial score (nSPS) is 12.1. The van der Waals surface area contributed by atoms with Crippen LogP contribution in [-0.2, 0) is 6.04 Å². The second-order valence-electron chi connectivity index (χ2n) is 25.0. The second-order valence-corrected chi connectivity index (χ2v) is 33.3. The van der Waals surface area contributed by atoms with Crippen molar-refractivity contribution in [3.63, 3.8) is 0 Å². The lowest BCUT2D eigenvalue weighted by Gasteiger charge is -2.31. The lowest BCUT2D eigenvalue weighted by atomic mass is 9.90. The van der Waals surface area contributed by atoms with Crippen molar-refractivity contribution >= 4 is 132 Å².